The number of rotatable bonds is 7. The van der Waals surface area contributed by atoms with Crippen molar-refractivity contribution in [1.82, 2.24) is 14.7 Å². The number of benzene rings is 2. The number of carbonyl (C=O) groups excluding carboxylic acids is 1. The number of hydrogen-bond acceptors (Lipinski definition) is 7. The first kappa shape index (κ1) is 30.6. The van der Waals surface area contributed by atoms with E-state index in [2.05, 4.69) is 38.6 Å². The van der Waals surface area contributed by atoms with Crippen LogP contribution in [0.3, 0.4) is 0 Å². The molecule has 0 spiro atoms. The van der Waals surface area contributed by atoms with Crippen molar-refractivity contribution in [2.24, 2.45) is 0 Å². The molecule has 2 aliphatic heterocycles. The summed E-state index contributed by atoms with van der Waals surface area (Å²) < 4.78 is 37.0. The Kier molecular flexibility index (Phi) is 8.84. The Morgan fingerprint density at radius 1 is 1.09 bits per heavy atom. The van der Waals surface area contributed by atoms with E-state index in [-0.39, 0.29) is 17.3 Å². The number of hydrogen-bond donors (Lipinski definition) is 3. The Hall–Kier alpha value is -3.83. The minimum atomic E-state index is -0.784. The van der Waals surface area contributed by atoms with Crippen molar-refractivity contribution in [3.8, 4) is 11.1 Å². The van der Waals surface area contributed by atoms with Crippen molar-refractivity contribution >= 4 is 29.2 Å². The molecule has 3 N–H and O–H groups in total. The van der Waals surface area contributed by atoms with Crippen molar-refractivity contribution in [2.45, 2.75) is 52.1 Å². The summed E-state index contributed by atoms with van der Waals surface area (Å²) in [7, 11) is 2.13. The van der Waals surface area contributed by atoms with Gasteiger partial charge in [0.05, 0.1) is 42.0 Å². The van der Waals surface area contributed by atoms with E-state index in [0.29, 0.717) is 37.4 Å². The van der Waals surface area contributed by atoms with Crippen LogP contribution in [0.25, 0.3) is 11.1 Å². The monoisotopic (exact) mass is 593 g/mol. The predicted molar refractivity (Wildman–Crippen MR) is 167 cm³/mol. The molecule has 3 aromatic rings. The molecule has 9 nitrogen and oxygen atoms in total. The van der Waals surface area contributed by atoms with Gasteiger partial charge in [-0.1, -0.05) is 0 Å². The number of amides is 1. The molecule has 0 unspecified atom stereocenters. The van der Waals surface area contributed by atoms with E-state index in [4.69, 9.17) is 10.1 Å². The molecule has 0 aliphatic carbocycles. The second kappa shape index (κ2) is 12.4. The molecule has 0 atom stereocenters. The minimum absolute atomic E-state index is 0.0636. The van der Waals surface area contributed by atoms with Gasteiger partial charge < -0.3 is 30.6 Å². The summed E-state index contributed by atoms with van der Waals surface area (Å²) in [6, 6.07) is 7.22. The van der Waals surface area contributed by atoms with Crippen molar-refractivity contribution in [3.63, 3.8) is 0 Å². The Labute approximate surface area is 251 Å². The van der Waals surface area contributed by atoms with Crippen molar-refractivity contribution < 1.29 is 18.3 Å². The molecule has 2 saturated heterocycles. The van der Waals surface area contributed by atoms with Crippen LogP contribution in [0.2, 0.25) is 0 Å². The third kappa shape index (κ3) is 6.57. The Morgan fingerprint density at radius 2 is 1.79 bits per heavy atom. The van der Waals surface area contributed by atoms with Crippen LogP contribution >= 0.6 is 0 Å². The van der Waals surface area contributed by atoms with Crippen LogP contribution in [0.15, 0.2) is 30.5 Å². The highest BCUT2D eigenvalue weighted by Gasteiger charge is 2.26. The number of likely N-dealkylation sites (tertiary alicyclic amines) is 1. The maximum Gasteiger partial charge on any atom is 0.262 e. The fourth-order valence-electron chi connectivity index (χ4n) is 5.71. The molecule has 43 heavy (non-hydrogen) atoms. The third-order valence-corrected chi connectivity index (χ3v) is 8.19. The lowest BCUT2D eigenvalue weighted by Gasteiger charge is -2.35. The van der Waals surface area contributed by atoms with E-state index in [1.807, 2.05) is 6.07 Å². The smallest absolute Gasteiger partial charge is 0.262 e. The van der Waals surface area contributed by atoms with Gasteiger partial charge in [0.15, 0.2) is 0 Å². The maximum atomic E-state index is 15.2. The highest BCUT2D eigenvalue weighted by Crippen LogP contribution is 2.39. The number of anilines is 3. The maximum absolute atomic E-state index is 15.2. The van der Waals surface area contributed by atoms with Crippen molar-refractivity contribution in [3.05, 3.63) is 58.9 Å². The predicted octanol–water partition coefficient (Wildman–Crippen LogP) is 5.48. The van der Waals surface area contributed by atoms with Gasteiger partial charge in [-0.3, -0.25) is 4.79 Å². The highest BCUT2D eigenvalue weighted by molar-refractivity contribution is 6.04. The number of aromatic nitrogens is 2. The van der Waals surface area contributed by atoms with Crippen molar-refractivity contribution in [2.75, 3.05) is 62.0 Å². The fourth-order valence-corrected chi connectivity index (χ4v) is 5.71. The zero-order valence-corrected chi connectivity index (χ0v) is 25.6. The van der Waals surface area contributed by atoms with Gasteiger partial charge in [-0.25, -0.2) is 9.07 Å². The van der Waals surface area contributed by atoms with E-state index < -0.39 is 23.2 Å². The first-order valence-corrected chi connectivity index (χ1v) is 14.8. The molecule has 3 heterocycles. The van der Waals surface area contributed by atoms with Gasteiger partial charge in [-0.2, -0.15) is 9.49 Å². The van der Waals surface area contributed by atoms with E-state index in [0.717, 1.165) is 59.3 Å². The summed E-state index contributed by atoms with van der Waals surface area (Å²) in [5, 5.41) is 18.6. The number of morpholine rings is 1. The number of carbonyl (C=O) groups is 1. The third-order valence-electron chi connectivity index (χ3n) is 8.19. The molecule has 5 rings (SSSR count). The summed E-state index contributed by atoms with van der Waals surface area (Å²) in [5.74, 6) is -2.19. The molecule has 2 fully saturated rings. The van der Waals surface area contributed by atoms with Gasteiger partial charge >= 0.3 is 0 Å². The molecule has 1 aromatic heterocycles. The summed E-state index contributed by atoms with van der Waals surface area (Å²) in [6.45, 7) is 11.8. The molecule has 11 heteroatoms. The summed E-state index contributed by atoms with van der Waals surface area (Å²) >= 11 is 0. The summed E-state index contributed by atoms with van der Waals surface area (Å²) in [4.78, 5) is 17.6. The van der Waals surface area contributed by atoms with Gasteiger partial charge in [0, 0.05) is 30.9 Å². The average Bonchev–Trinajstić information content (AvgIpc) is 3.38. The lowest BCUT2D eigenvalue weighted by Crippen LogP contribution is -2.39. The number of nitrogens with one attached hydrogen (secondary N) is 3. The standard InChI is InChI=1S/C32H41F2N7O2/c1-20-14-26(33)27(38-31(42)25-19-36-41(30(25)34)32(2,3)4)17-24(20)21-15-22(18-35)29(37-23-6-8-39(5)9-7-23)28(16-21)40-10-12-43-13-11-40/h14-19,23,35,37H,6-13H2,1-5H3,(H,38,42). The first-order chi connectivity index (χ1) is 20.5. The number of nitrogens with zero attached hydrogens (tertiary/aromatic N) is 4. The first-order valence-electron chi connectivity index (χ1n) is 14.8. The van der Waals surface area contributed by atoms with Crippen LogP contribution in [0.5, 0.6) is 0 Å². The molecule has 2 aliphatic rings. The minimum Gasteiger partial charge on any atom is -0.380 e. The molecular weight excluding hydrogens is 552 g/mol. The van der Waals surface area contributed by atoms with Crippen LogP contribution in [0.4, 0.5) is 25.8 Å². The number of aryl methyl sites for hydroxylation is 1. The summed E-state index contributed by atoms with van der Waals surface area (Å²) in [5.41, 5.74) is 3.77. The molecule has 0 radical (unpaired) electrons. The fraction of sp³-hybridized carbons (Fsp3) is 0.469. The zero-order valence-electron chi connectivity index (χ0n) is 25.6. The van der Waals surface area contributed by atoms with Crippen molar-refractivity contribution in [1.29, 1.82) is 5.41 Å². The molecule has 1 amide bonds. The van der Waals surface area contributed by atoms with Crippen LogP contribution in [0.1, 0.15) is 55.1 Å². The normalized spacial score (nSPS) is 16.8. The van der Waals surface area contributed by atoms with Crippen LogP contribution < -0.4 is 15.5 Å². The molecule has 230 valence electrons. The van der Waals surface area contributed by atoms with Gasteiger partial charge in [-0.05, 0) is 102 Å². The van der Waals surface area contributed by atoms with E-state index >= 15 is 8.78 Å². The average molecular weight is 594 g/mol. The second-order valence-corrected chi connectivity index (χ2v) is 12.5. The molecule has 0 bridgehead atoms. The molecular formula is C32H41F2N7O2. The lowest BCUT2D eigenvalue weighted by molar-refractivity contribution is 0.102. The Morgan fingerprint density at radius 3 is 2.42 bits per heavy atom. The Balaban J connectivity index is 1.52. The van der Waals surface area contributed by atoms with Crippen LogP contribution in [-0.4, -0.2) is 79.3 Å². The van der Waals surface area contributed by atoms with Gasteiger partial charge in [0.25, 0.3) is 5.91 Å². The van der Waals surface area contributed by atoms with Crippen LogP contribution in [-0.2, 0) is 10.3 Å². The van der Waals surface area contributed by atoms with Gasteiger partial charge in [0.2, 0.25) is 5.95 Å². The van der Waals surface area contributed by atoms with Gasteiger partial charge in [-0.15, -0.1) is 0 Å². The number of halogens is 2. The van der Waals surface area contributed by atoms with Gasteiger partial charge in [0.1, 0.15) is 11.4 Å². The number of ether oxygens (including phenoxy) is 1. The quantitative estimate of drug-likeness (QED) is 0.314. The zero-order chi connectivity index (χ0) is 30.9. The lowest BCUT2D eigenvalue weighted by atomic mass is 9.95. The second-order valence-electron chi connectivity index (χ2n) is 12.5. The molecule has 2 aromatic carbocycles. The topological polar surface area (TPSA) is 98.5 Å². The summed E-state index contributed by atoms with van der Waals surface area (Å²) in [6.07, 6.45) is 4.52. The van der Waals surface area contributed by atoms with E-state index in [9.17, 15) is 4.79 Å². The highest BCUT2D eigenvalue weighted by atomic mass is 19.1. The Bertz CT molecular complexity index is 1500. The largest absolute Gasteiger partial charge is 0.380 e. The number of piperidine rings is 1. The SMILES string of the molecule is Cc1cc(F)c(NC(=O)c2cnn(C(C)(C)C)c2F)cc1-c1cc(C=N)c(NC2CCN(C)CC2)c(N2CCOCC2)c1. The van der Waals surface area contributed by atoms with E-state index in [1.54, 1.807) is 33.8 Å². The van der Waals surface area contributed by atoms with E-state index in [1.165, 1.54) is 12.3 Å². The molecule has 0 saturated carbocycles. The van der Waals surface area contributed by atoms with Crippen LogP contribution in [0, 0.1) is 24.1 Å².